The average Bonchev–Trinajstić information content (AvgIpc) is 2.73. The highest BCUT2D eigenvalue weighted by atomic mass is 32.2. The highest BCUT2D eigenvalue weighted by molar-refractivity contribution is 8.01. The first-order valence-corrected chi connectivity index (χ1v) is 8.03. The highest BCUT2D eigenvalue weighted by Crippen LogP contribution is 2.54. The maximum atomic E-state index is 3.83. The van der Waals surface area contributed by atoms with Crippen LogP contribution < -0.4 is 5.32 Å². The first-order valence-electron chi connectivity index (χ1n) is 7.15. The van der Waals surface area contributed by atoms with Crippen LogP contribution in [-0.2, 0) is 0 Å². The Balaban J connectivity index is 1.64. The molecule has 0 amide bonds. The van der Waals surface area contributed by atoms with Crippen LogP contribution in [0.5, 0.6) is 0 Å². The monoisotopic (exact) mass is 239 g/mol. The van der Waals surface area contributed by atoms with E-state index in [4.69, 9.17) is 0 Å². The first kappa shape index (κ1) is 11.4. The molecule has 0 aromatic rings. The summed E-state index contributed by atoms with van der Waals surface area (Å²) in [5.74, 6) is 0. The molecule has 1 unspecified atom stereocenters. The van der Waals surface area contributed by atoms with Crippen molar-refractivity contribution in [2.24, 2.45) is 5.41 Å². The molecule has 1 atom stereocenters. The van der Waals surface area contributed by atoms with Crippen LogP contribution in [-0.4, -0.2) is 16.7 Å². The topological polar surface area (TPSA) is 12.0 Å². The molecule has 1 heterocycles. The number of hydrogen-bond donors (Lipinski definition) is 1. The number of hydrogen-bond acceptors (Lipinski definition) is 2. The van der Waals surface area contributed by atoms with Crippen molar-refractivity contribution in [3.8, 4) is 0 Å². The smallest absolute Gasteiger partial charge is 0.0648 e. The van der Waals surface area contributed by atoms with Crippen LogP contribution >= 0.6 is 11.8 Å². The van der Waals surface area contributed by atoms with Gasteiger partial charge >= 0.3 is 0 Å². The minimum absolute atomic E-state index is 0.478. The Labute approximate surface area is 104 Å². The van der Waals surface area contributed by atoms with Gasteiger partial charge in [0.05, 0.1) is 4.87 Å². The summed E-state index contributed by atoms with van der Waals surface area (Å²) in [6.45, 7) is 3.66. The second-order valence-corrected chi connectivity index (χ2v) is 8.17. The molecule has 3 rings (SSSR count). The summed E-state index contributed by atoms with van der Waals surface area (Å²) in [6.07, 6.45) is 13.3. The Morgan fingerprint density at radius 2 is 1.69 bits per heavy atom. The van der Waals surface area contributed by atoms with Gasteiger partial charge in [0.1, 0.15) is 0 Å². The Kier molecular flexibility index (Phi) is 3.00. The summed E-state index contributed by atoms with van der Waals surface area (Å²) in [6, 6.07) is 0. The first-order chi connectivity index (χ1) is 7.72. The van der Waals surface area contributed by atoms with Gasteiger partial charge in [0.2, 0.25) is 0 Å². The minimum Gasteiger partial charge on any atom is -0.303 e. The van der Waals surface area contributed by atoms with Gasteiger partial charge in [-0.05, 0) is 56.9 Å². The van der Waals surface area contributed by atoms with Gasteiger partial charge in [-0.2, -0.15) is 0 Å². The van der Waals surface area contributed by atoms with Gasteiger partial charge < -0.3 is 5.32 Å². The normalized spacial score (nSPS) is 36.9. The maximum Gasteiger partial charge on any atom is 0.0648 e. The summed E-state index contributed by atoms with van der Waals surface area (Å²) < 4.78 is 0. The highest BCUT2D eigenvalue weighted by Gasteiger charge is 2.45. The molecule has 16 heavy (non-hydrogen) atoms. The molecule has 1 saturated heterocycles. The van der Waals surface area contributed by atoms with Crippen LogP contribution in [0.1, 0.15) is 64.7 Å². The molecule has 2 saturated carbocycles. The molecule has 0 bridgehead atoms. The Bertz CT molecular complexity index is 247. The van der Waals surface area contributed by atoms with E-state index in [1.807, 2.05) is 0 Å². The molecule has 3 fully saturated rings. The van der Waals surface area contributed by atoms with E-state index in [9.17, 15) is 0 Å². The molecule has 1 N–H and O–H groups in total. The minimum atomic E-state index is 0.478. The molecular weight excluding hydrogens is 214 g/mol. The van der Waals surface area contributed by atoms with Crippen molar-refractivity contribution in [1.82, 2.24) is 5.32 Å². The predicted molar refractivity (Wildman–Crippen MR) is 71.8 cm³/mol. The Morgan fingerprint density at radius 1 is 1.00 bits per heavy atom. The molecule has 1 nitrogen and oxygen atoms in total. The predicted octanol–water partition coefficient (Wildman–Crippen LogP) is 3.93. The molecule has 0 aromatic carbocycles. The van der Waals surface area contributed by atoms with Crippen LogP contribution in [0, 0.1) is 5.41 Å². The standard InChI is InChI=1S/C14H25NS/c1-12-4-11-15-14(16-12)9-7-13(8-10-14)5-2-3-6-13/h12,15H,2-11H2,1H3. The fourth-order valence-electron chi connectivity index (χ4n) is 4.09. The van der Waals surface area contributed by atoms with Crippen molar-refractivity contribution < 1.29 is 0 Å². The fourth-order valence-corrected chi connectivity index (χ4v) is 5.72. The molecule has 2 spiro atoms. The largest absolute Gasteiger partial charge is 0.303 e. The third-order valence-corrected chi connectivity index (χ3v) is 6.85. The lowest BCUT2D eigenvalue weighted by atomic mass is 9.71. The SMILES string of the molecule is CC1CCNC2(CCC3(CCCC3)CC2)S1. The van der Waals surface area contributed by atoms with E-state index in [2.05, 4.69) is 24.0 Å². The van der Waals surface area contributed by atoms with Crippen LogP contribution in [0.15, 0.2) is 0 Å². The molecule has 2 heteroatoms. The summed E-state index contributed by atoms with van der Waals surface area (Å²) in [5.41, 5.74) is 0.786. The van der Waals surface area contributed by atoms with Crippen molar-refractivity contribution in [1.29, 1.82) is 0 Å². The van der Waals surface area contributed by atoms with E-state index in [1.165, 1.54) is 64.3 Å². The molecule has 0 aromatic heterocycles. The Morgan fingerprint density at radius 3 is 2.31 bits per heavy atom. The second kappa shape index (κ2) is 4.20. The van der Waals surface area contributed by atoms with Crippen LogP contribution in [0.3, 0.4) is 0 Å². The number of rotatable bonds is 0. The molecule has 3 aliphatic rings. The third-order valence-electron chi connectivity index (χ3n) is 5.21. The van der Waals surface area contributed by atoms with Crippen molar-refractivity contribution in [2.75, 3.05) is 6.54 Å². The van der Waals surface area contributed by atoms with Gasteiger partial charge in [0.15, 0.2) is 0 Å². The maximum absolute atomic E-state index is 3.83. The van der Waals surface area contributed by atoms with Gasteiger partial charge in [-0.25, -0.2) is 0 Å². The van der Waals surface area contributed by atoms with Gasteiger partial charge in [-0.1, -0.05) is 19.8 Å². The molecule has 0 radical (unpaired) electrons. The van der Waals surface area contributed by atoms with Gasteiger partial charge in [0, 0.05) is 5.25 Å². The van der Waals surface area contributed by atoms with E-state index in [-0.39, 0.29) is 0 Å². The summed E-state index contributed by atoms with van der Waals surface area (Å²) in [7, 11) is 0. The zero-order chi connectivity index (χ0) is 11.1. The van der Waals surface area contributed by atoms with Crippen LogP contribution in [0.2, 0.25) is 0 Å². The summed E-state index contributed by atoms with van der Waals surface area (Å²) in [4.78, 5) is 0.478. The van der Waals surface area contributed by atoms with Gasteiger partial charge in [-0.3, -0.25) is 0 Å². The van der Waals surface area contributed by atoms with Crippen molar-refractivity contribution in [3.05, 3.63) is 0 Å². The summed E-state index contributed by atoms with van der Waals surface area (Å²) in [5, 5.41) is 4.71. The average molecular weight is 239 g/mol. The van der Waals surface area contributed by atoms with Crippen molar-refractivity contribution >= 4 is 11.8 Å². The lowest BCUT2D eigenvalue weighted by Gasteiger charge is -2.48. The zero-order valence-corrected chi connectivity index (χ0v) is 11.4. The van der Waals surface area contributed by atoms with E-state index < -0.39 is 0 Å². The zero-order valence-electron chi connectivity index (χ0n) is 10.6. The lowest BCUT2D eigenvalue weighted by molar-refractivity contribution is 0.153. The van der Waals surface area contributed by atoms with E-state index in [0.29, 0.717) is 4.87 Å². The molecular formula is C14H25NS. The Hall–Kier alpha value is 0.310. The molecule has 92 valence electrons. The van der Waals surface area contributed by atoms with E-state index in [1.54, 1.807) is 0 Å². The van der Waals surface area contributed by atoms with Crippen LogP contribution in [0.25, 0.3) is 0 Å². The molecule has 1 aliphatic heterocycles. The van der Waals surface area contributed by atoms with Crippen LogP contribution in [0.4, 0.5) is 0 Å². The van der Waals surface area contributed by atoms with E-state index >= 15 is 0 Å². The second-order valence-electron chi connectivity index (χ2n) is 6.35. The van der Waals surface area contributed by atoms with Gasteiger partial charge in [0.25, 0.3) is 0 Å². The summed E-state index contributed by atoms with van der Waals surface area (Å²) >= 11 is 2.24. The quantitative estimate of drug-likeness (QED) is 0.687. The number of nitrogens with one attached hydrogen (secondary N) is 1. The third kappa shape index (κ3) is 2.03. The van der Waals surface area contributed by atoms with E-state index in [0.717, 1.165) is 10.7 Å². The lowest BCUT2D eigenvalue weighted by Crippen LogP contribution is -2.51. The molecule has 2 aliphatic carbocycles. The van der Waals surface area contributed by atoms with Gasteiger partial charge in [-0.15, -0.1) is 11.8 Å². The van der Waals surface area contributed by atoms with Crippen molar-refractivity contribution in [2.45, 2.75) is 74.8 Å². The fraction of sp³-hybridized carbons (Fsp3) is 1.00. The number of thioether (sulfide) groups is 1. The van der Waals surface area contributed by atoms with Crippen molar-refractivity contribution in [3.63, 3.8) is 0 Å².